The second kappa shape index (κ2) is 2.46. The molecule has 0 fully saturated rings. The van der Waals surface area contributed by atoms with E-state index in [4.69, 9.17) is 5.73 Å². The van der Waals surface area contributed by atoms with Crippen LogP contribution in [0.5, 0.6) is 0 Å². The standard InChI is InChI=1S/C5H7F2N3O/c1-9-4(6)3(5(8)11)2-10(9)7/h2H2,1H3,(H2,8,11). The van der Waals surface area contributed by atoms with Gasteiger partial charge in [-0.3, -0.25) is 9.80 Å². The lowest BCUT2D eigenvalue weighted by Crippen LogP contribution is -2.25. The Morgan fingerprint density at radius 2 is 2.27 bits per heavy atom. The van der Waals surface area contributed by atoms with Gasteiger partial charge in [0.2, 0.25) is 5.95 Å². The van der Waals surface area contributed by atoms with Crippen LogP contribution in [-0.2, 0) is 4.79 Å². The molecule has 1 rings (SSSR count). The van der Waals surface area contributed by atoms with Gasteiger partial charge in [-0.05, 0) is 5.23 Å². The minimum Gasteiger partial charge on any atom is -0.366 e. The number of amides is 1. The summed E-state index contributed by atoms with van der Waals surface area (Å²) in [7, 11) is 1.16. The van der Waals surface area contributed by atoms with Crippen LogP contribution >= 0.6 is 0 Å². The Balaban J connectivity index is 2.89. The zero-order valence-corrected chi connectivity index (χ0v) is 5.84. The van der Waals surface area contributed by atoms with Crippen LogP contribution in [0.15, 0.2) is 11.5 Å². The zero-order chi connectivity index (χ0) is 8.59. The Labute approximate surface area is 61.8 Å². The summed E-state index contributed by atoms with van der Waals surface area (Å²) in [5, 5.41) is 0.648. The van der Waals surface area contributed by atoms with Crippen LogP contribution < -0.4 is 5.73 Å². The first kappa shape index (κ1) is 7.93. The molecule has 0 saturated heterocycles. The van der Waals surface area contributed by atoms with Crippen LogP contribution in [0.4, 0.5) is 8.87 Å². The lowest BCUT2D eigenvalue weighted by atomic mass is 10.3. The van der Waals surface area contributed by atoms with Crippen molar-refractivity contribution < 1.29 is 13.7 Å². The molecule has 1 aliphatic heterocycles. The van der Waals surface area contributed by atoms with E-state index in [1.165, 1.54) is 0 Å². The molecule has 1 aliphatic rings. The van der Waals surface area contributed by atoms with E-state index in [1.54, 1.807) is 0 Å². The molecule has 0 radical (unpaired) electrons. The third-order valence-corrected chi connectivity index (χ3v) is 1.44. The SMILES string of the molecule is CN1C(F)=C(C(N)=O)CN1F. The van der Waals surface area contributed by atoms with Crippen molar-refractivity contribution in [1.82, 2.24) is 10.2 Å². The number of carbonyl (C=O) groups is 1. The summed E-state index contributed by atoms with van der Waals surface area (Å²) in [4.78, 5) is 10.4. The maximum Gasteiger partial charge on any atom is 0.250 e. The summed E-state index contributed by atoms with van der Waals surface area (Å²) in [6, 6.07) is 0. The number of primary amides is 1. The van der Waals surface area contributed by atoms with Gasteiger partial charge in [0.05, 0.1) is 12.1 Å². The minimum atomic E-state index is -0.936. The van der Waals surface area contributed by atoms with Gasteiger partial charge in [0.15, 0.2) is 0 Å². The molecule has 6 heteroatoms. The van der Waals surface area contributed by atoms with Crippen LogP contribution in [0.1, 0.15) is 0 Å². The van der Waals surface area contributed by atoms with E-state index in [9.17, 15) is 13.7 Å². The number of carbonyl (C=O) groups excluding carboxylic acids is 1. The van der Waals surface area contributed by atoms with Crippen molar-refractivity contribution in [1.29, 1.82) is 0 Å². The van der Waals surface area contributed by atoms with Gasteiger partial charge in [0.25, 0.3) is 5.91 Å². The van der Waals surface area contributed by atoms with E-state index in [0.29, 0.717) is 5.01 Å². The summed E-state index contributed by atoms with van der Waals surface area (Å²) >= 11 is 0. The highest BCUT2D eigenvalue weighted by Gasteiger charge is 2.30. The Hall–Kier alpha value is -1.17. The van der Waals surface area contributed by atoms with Crippen molar-refractivity contribution in [3.8, 4) is 0 Å². The van der Waals surface area contributed by atoms with E-state index < -0.39 is 18.4 Å². The van der Waals surface area contributed by atoms with Crippen LogP contribution in [0.25, 0.3) is 0 Å². The first-order chi connectivity index (χ1) is 5.04. The average Bonchev–Trinajstić information content (AvgIpc) is 2.17. The number of hydrogen-bond acceptors (Lipinski definition) is 3. The van der Waals surface area contributed by atoms with Crippen LogP contribution in [-0.4, -0.2) is 29.7 Å². The fourth-order valence-corrected chi connectivity index (χ4v) is 0.772. The molecule has 1 heterocycles. The average molecular weight is 163 g/mol. The van der Waals surface area contributed by atoms with E-state index in [-0.39, 0.29) is 10.8 Å². The molecular weight excluding hydrogens is 156 g/mol. The Morgan fingerprint density at radius 3 is 2.45 bits per heavy atom. The molecule has 0 aromatic heterocycles. The number of nitrogens with two attached hydrogens (primary N) is 1. The summed E-state index contributed by atoms with van der Waals surface area (Å²) in [6.07, 6.45) is 0. The predicted octanol–water partition coefficient (Wildman–Crippen LogP) is -0.300. The fraction of sp³-hybridized carbons (Fsp3) is 0.400. The molecule has 0 aromatic rings. The highest BCUT2D eigenvalue weighted by atomic mass is 19.2. The molecule has 11 heavy (non-hydrogen) atoms. The maximum atomic E-state index is 12.7. The van der Waals surface area contributed by atoms with Crippen molar-refractivity contribution in [3.63, 3.8) is 0 Å². The van der Waals surface area contributed by atoms with Crippen molar-refractivity contribution in [2.45, 2.75) is 0 Å². The van der Waals surface area contributed by atoms with Crippen LogP contribution in [0.2, 0.25) is 0 Å². The second-order valence-corrected chi connectivity index (χ2v) is 2.15. The summed E-state index contributed by atoms with van der Waals surface area (Å²) in [6.45, 7) is -0.419. The maximum absolute atomic E-state index is 12.7. The summed E-state index contributed by atoms with van der Waals surface area (Å²) in [5.41, 5.74) is 4.42. The number of hydrogen-bond donors (Lipinski definition) is 1. The summed E-state index contributed by atoms with van der Waals surface area (Å²) in [5.74, 6) is -1.87. The van der Waals surface area contributed by atoms with Crippen molar-refractivity contribution in [3.05, 3.63) is 11.5 Å². The Kier molecular flexibility index (Phi) is 1.77. The van der Waals surface area contributed by atoms with Gasteiger partial charge < -0.3 is 5.73 Å². The van der Waals surface area contributed by atoms with Gasteiger partial charge in [0.1, 0.15) is 0 Å². The molecule has 0 bridgehead atoms. The van der Waals surface area contributed by atoms with Gasteiger partial charge in [-0.25, -0.2) is 0 Å². The predicted molar refractivity (Wildman–Crippen MR) is 32.9 cm³/mol. The molecule has 0 spiro atoms. The molecule has 0 saturated carbocycles. The van der Waals surface area contributed by atoms with E-state index in [1.807, 2.05) is 0 Å². The molecule has 0 aliphatic carbocycles. The Morgan fingerprint density at radius 1 is 1.73 bits per heavy atom. The topological polar surface area (TPSA) is 49.6 Å². The molecule has 2 N–H and O–H groups in total. The lowest BCUT2D eigenvalue weighted by molar-refractivity contribution is -0.124. The molecule has 0 unspecified atom stereocenters. The number of nitrogens with zero attached hydrogens (tertiary/aromatic N) is 2. The smallest absolute Gasteiger partial charge is 0.250 e. The van der Waals surface area contributed by atoms with Crippen molar-refractivity contribution in [2.24, 2.45) is 5.73 Å². The van der Waals surface area contributed by atoms with E-state index >= 15 is 0 Å². The minimum absolute atomic E-state index is 0.0649. The van der Waals surface area contributed by atoms with Crippen molar-refractivity contribution in [2.75, 3.05) is 13.6 Å². The largest absolute Gasteiger partial charge is 0.366 e. The van der Waals surface area contributed by atoms with Crippen molar-refractivity contribution >= 4 is 5.91 Å². The molecule has 62 valence electrons. The van der Waals surface area contributed by atoms with Gasteiger partial charge >= 0.3 is 0 Å². The normalized spacial score (nSPS) is 19.7. The number of rotatable bonds is 1. The molecule has 4 nitrogen and oxygen atoms in total. The first-order valence-corrected chi connectivity index (χ1v) is 2.89. The lowest BCUT2D eigenvalue weighted by Gasteiger charge is -2.14. The third kappa shape index (κ3) is 1.16. The highest BCUT2D eigenvalue weighted by molar-refractivity contribution is 5.93. The zero-order valence-electron chi connectivity index (χ0n) is 5.84. The van der Waals surface area contributed by atoms with Gasteiger partial charge in [-0.1, -0.05) is 0 Å². The van der Waals surface area contributed by atoms with Gasteiger partial charge in [-0.15, -0.1) is 4.48 Å². The number of halogens is 2. The van der Waals surface area contributed by atoms with E-state index in [2.05, 4.69) is 0 Å². The molecule has 0 atom stereocenters. The van der Waals surface area contributed by atoms with E-state index in [0.717, 1.165) is 7.05 Å². The summed E-state index contributed by atoms with van der Waals surface area (Å²) < 4.78 is 25.2. The monoisotopic (exact) mass is 163 g/mol. The molecule has 0 aromatic carbocycles. The van der Waals surface area contributed by atoms with Crippen LogP contribution in [0, 0.1) is 0 Å². The molecule has 1 amide bonds. The number of hydrazine groups is 1. The highest BCUT2D eigenvalue weighted by Crippen LogP contribution is 2.21. The quantitative estimate of drug-likeness (QED) is 0.426. The van der Waals surface area contributed by atoms with Gasteiger partial charge in [-0.2, -0.15) is 4.39 Å². The second-order valence-electron chi connectivity index (χ2n) is 2.15. The Bertz CT molecular complexity index is 228. The first-order valence-electron chi connectivity index (χ1n) is 2.89. The molecular formula is C5H7F2N3O. The van der Waals surface area contributed by atoms with Crippen LogP contribution in [0.3, 0.4) is 0 Å². The fourth-order valence-electron chi connectivity index (χ4n) is 0.772. The van der Waals surface area contributed by atoms with Gasteiger partial charge in [0, 0.05) is 7.05 Å². The third-order valence-electron chi connectivity index (χ3n) is 1.44.